The van der Waals surface area contributed by atoms with Crippen molar-refractivity contribution < 1.29 is 4.79 Å². The molecule has 1 aromatic carbocycles. The van der Waals surface area contributed by atoms with Crippen LogP contribution in [0.4, 0.5) is 0 Å². The molecule has 1 aliphatic heterocycles. The molecule has 3 nitrogen and oxygen atoms in total. The van der Waals surface area contributed by atoms with Gasteiger partial charge >= 0.3 is 0 Å². The van der Waals surface area contributed by atoms with Gasteiger partial charge in [0.15, 0.2) is 0 Å². The van der Waals surface area contributed by atoms with Gasteiger partial charge in [0.05, 0.1) is 0 Å². The standard InChI is InChI=1S/C15H21ClN2O.ClH/c16-14-4-1-13(2-5-14)11-18-15(19)6-3-12-7-9-17-10-8-12;/h1-2,4-5,12,17H,3,6-11H2,(H,18,19);1H. The summed E-state index contributed by atoms with van der Waals surface area (Å²) in [5.41, 5.74) is 1.08. The summed E-state index contributed by atoms with van der Waals surface area (Å²) in [5, 5.41) is 7.03. The third kappa shape index (κ3) is 6.12. The predicted molar refractivity (Wildman–Crippen MR) is 85.4 cm³/mol. The van der Waals surface area contributed by atoms with E-state index in [-0.39, 0.29) is 18.3 Å². The minimum Gasteiger partial charge on any atom is -0.352 e. The Balaban J connectivity index is 0.00000200. The first kappa shape index (κ1) is 17.3. The monoisotopic (exact) mass is 316 g/mol. The lowest BCUT2D eigenvalue weighted by atomic mass is 9.93. The lowest BCUT2D eigenvalue weighted by Gasteiger charge is -2.22. The third-order valence-electron chi connectivity index (χ3n) is 3.64. The molecule has 20 heavy (non-hydrogen) atoms. The molecule has 1 amide bonds. The first-order valence-electron chi connectivity index (χ1n) is 6.96. The number of halogens is 2. The van der Waals surface area contributed by atoms with Crippen molar-refractivity contribution in [3.05, 3.63) is 34.9 Å². The van der Waals surface area contributed by atoms with Gasteiger partial charge in [0.2, 0.25) is 5.91 Å². The Hall–Kier alpha value is -0.770. The molecule has 1 fully saturated rings. The highest BCUT2D eigenvalue weighted by Crippen LogP contribution is 2.17. The topological polar surface area (TPSA) is 41.1 Å². The molecule has 112 valence electrons. The smallest absolute Gasteiger partial charge is 0.220 e. The average Bonchev–Trinajstić information content (AvgIpc) is 2.45. The van der Waals surface area contributed by atoms with E-state index in [1.54, 1.807) is 0 Å². The third-order valence-corrected chi connectivity index (χ3v) is 3.89. The Morgan fingerprint density at radius 3 is 2.55 bits per heavy atom. The van der Waals surface area contributed by atoms with Crippen LogP contribution in [0.3, 0.4) is 0 Å². The maximum absolute atomic E-state index is 11.8. The number of nitrogens with one attached hydrogen (secondary N) is 2. The summed E-state index contributed by atoms with van der Waals surface area (Å²) in [4.78, 5) is 11.8. The molecule has 0 unspecified atom stereocenters. The number of carbonyl (C=O) groups excluding carboxylic acids is 1. The van der Waals surface area contributed by atoms with Crippen LogP contribution in [0.25, 0.3) is 0 Å². The molecule has 0 saturated carbocycles. The Bertz CT molecular complexity index is 403. The molecule has 0 aromatic heterocycles. The molecule has 0 aliphatic carbocycles. The highest BCUT2D eigenvalue weighted by Gasteiger charge is 2.14. The van der Waals surface area contributed by atoms with Crippen molar-refractivity contribution in [3.8, 4) is 0 Å². The van der Waals surface area contributed by atoms with Crippen LogP contribution in [-0.4, -0.2) is 19.0 Å². The molecule has 0 radical (unpaired) electrons. The second-order valence-electron chi connectivity index (χ2n) is 5.14. The molecule has 1 aromatic rings. The largest absolute Gasteiger partial charge is 0.352 e. The number of amides is 1. The summed E-state index contributed by atoms with van der Waals surface area (Å²) in [7, 11) is 0. The summed E-state index contributed by atoms with van der Waals surface area (Å²) in [6.07, 6.45) is 4.04. The van der Waals surface area contributed by atoms with Crippen LogP contribution in [0, 0.1) is 5.92 Å². The van der Waals surface area contributed by atoms with Crippen molar-refractivity contribution in [2.45, 2.75) is 32.2 Å². The molecular weight excluding hydrogens is 295 g/mol. The molecule has 0 atom stereocenters. The van der Waals surface area contributed by atoms with Gasteiger partial charge in [-0.25, -0.2) is 0 Å². The van der Waals surface area contributed by atoms with E-state index < -0.39 is 0 Å². The number of hydrogen-bond donors (Lipinski definition) is 2. The van der Waals surface area contributed by atoms with Crippen molar-refractivity contribution >= 4 is 29.9 Å². The zero-order valence-corrected chi connectivity index (χ0v) is 13.1. The van der Waals surface area contributed by atoms with Gasteiger partial charge in [0.25, 0.3) is 0 Å². The number of benzene rings is 1. The van der Waals surface area contributed by atoms with Gasteiger partial charge in [-0.3, -0.25) is 4.79 Å². The van der Waals surface area contributed by atoms with Crippen molar-refractivity contribution in [1.82, 2.24) is 10.6 Å². The number of hydrogen-bond acceptors (Lipinski definition) is 2. The average molecular weight is 317 g/mol. The van der Waals surface area contributed by atoms with E-state index in [1.807, 2.05) is 24.3 Å². The van der Waals surface area contributed by atoms with Crippen LogP contribution >= 0.6 is 24.0 Å². The summed E-state index contributed by atoms with van der Waals surface area (Å²) < 4.78 is 0. The van der Waals surface area contributed by atoms with Gasteiger partial charge in [0, 0.05) is 18.0 Å². The maximum Gasteiger partial charge on any atom is 0.220 e. The quantitative estimate of drug-likeness (QED) is 0.876. The van der Waals surface area contributed by atoms with Crippen molar-refractivity contribution in [3.63, 3.8) is 0 Å². The van der Waals surface area contributed by atoms with Gasteiger partial charge in [-0.1, -0.05) is 23.7 Å². The van der Waals surface area contributed by atoms with Gasteiger partial charge < -0.3 is 10.6 Å². The van der Waals surface area contributed by atoms with Crippen molar-refractivity contribution in [2.24, 2.45) is 5.92 Å². The molecule has 1 saturated heterocycles. The number of carbonyl (C=O) groups is 1. The minimum atomic E-state index is 0. The molecule has 1 heterocycles. The molecule has 1 aliphatic rings. The highest BCUT2D eigenvalue weighted by atomic mass is 35.5. The molecular formula is C15H22Cl2N2O. The number of piperidine rings is 1. The van der Waals surface area contributed by atoms with Gasteiger partial charge in [0.1, 0.15) is 0 Å². The van der Waals surface area contributed by atoms with Gasteiger partial charge in [-0.15, -0.1) is 12.4 Å². The van der Waals surface area contributed by atoms with Crippen LogP contribution in [0.2, 0.25) is 5.02 Å². The summed E-state index contributed by atoms with van der Waals surface area (Å²) in [6, 6.07) is 7.57. The van der Waals surface area contributed by atoms with E-state index in [1.165, 1.54) is 12.8 Å². The lowest BCUT2D eigenvalue weighted by molar-refractivity contribution is -0.121. The highest BCUT2D eigenvalue weighted by molar-refractivity contribution is 6.30. The molecule has 0 bridgehead atoms. The summed E-state index contributed by atoms with van der Waals surface area (Å²) in [6.45, 7) is 2.77. The zero-order valence-electron chi connectivity index (χ0n) is 11.5. The van der Waals surface area contributed by atoms with E-state index >= 15 is 0 Å². The Kier molecular flexibility index (Phi) is 7.97. The lowest BCUT2D eigenvalue weighted by Crippen LogP contribution is -2.29. The van der Waals surface area contributed by atoms with E-state index in [2.05, 4.69) is 10.6 Å². The van der Waals surface area contributed by atoms with Crippen LogP contribution in [0.15, 0.2) is 24.3 Å². The van der Waals surface area contributed by atoms with E-state index in [0.29, 0.717) is 18.9 Å². The molecule has 2 N–H and O–H groups in total. The summed E-state index contributed by atoms with van der Waals surface area (Å²) >= 11 is 5.82. The normalized spacial score (nSPS) is 15.4. The van der Waals surface area contributed by atoms with E-state index in [4.69, 9.17) is 11.6 Å². The Labute approximate surface area is 131 Å². The molecule has 5 heteroatoms. The zero-order chi connectivity index (χ0) is 13.5. The number of rotatable bonds is 5. The predicted octanol–water partition coefficient (Wildman–Crippen LogP) is 3.16. The van der Waals surface area contributed by atoms with E-state index in [0.717, 1.165) is 30.1 Å². The second kappa shape index (κ2) is 9.22. The maximum atomic E-state index is 11.8. The Morgan fingerprint density at radius 1 is 1.25 bits per heavy atom. The van der Waals surface area contributed by atoms with Gasteiger partial charge in [-0.05, 0) is 56.0 Å². The SMILES string of the molecule is Cl.O=C(CCC1CCNCC1)NCc1ccc(Cl)cc1. The van der Waals surface area contributed by atoms with E-state index in [9.17, 15) is 4.79 Å². The molecule has 2 rings (SSSR count). The second-order valence-corrected chi connectivity index (χ2v) is 5.57. The fourth-order valence-corrected chi connectivity index (χ4v) is 2.52. The van der Waals surface area contributed by atoms with Crippen LogP contribution in [-0.2, 0) is 11.3 Å². The first-order valence-corrected chi connectivity index (χ1v) is 7.33. The fourth-order valence-electron chi connectivity index (χ4n) is 2.40. The minimum absolute atomic E-state index is 0. The van der Waals surface area contributed by atoms with Crippen LogP contribution in [0.1, 0.15) is 31.2 Å². The van der Waals surface area contributed by atoms with Crippen molar-refractivity contribution in [2.75, 3.05) is 13.1 Å². The van der Waals surface area contributed by atoms with Crippen LogP contribution < -0.4 is 10.6 Å². The Morgan fingerprint density at radius 2 is 1.90 bits per heavy atom. The van der Waals surface area contributed by atoms with Crippen LogP contribution in [0.5, 0.6) is 0 Å². The van der Waals surface area contributed by atoms with Crippen molar-refractivity contribution in [1.29, 1.82) is 0 Å². The fraction of sp³-hybridized carbons (Fsp3) is 0.533. The summed E-state index contributed by atoms with van der Waals surface area (Å²) in [5.74, 6) is 0.857. The first-order chi connectivity index (χ1) is 9.24. The molecule has 0 spiro atoms. The van der Waals surface area contributed by atoms with Gasteiger partial charge in [-0.2, -0.15) is 0 Å².